The molecule has 7 rings (SSSR count). The quantitative estimate of drug-likeness (QED) is 0.0214. The molecule has 498 valence electrons. The third-order valence-corrected chi connectivity index (χ3v) is 15.8. The Labute approximate surface area is 550 Å². The molecule has 4 aliphatic heterocycles. The maximum atomic E-state index is 14.4. The number of hydrogen-bond donors (Lipinski definition) is 5. The van der Waals surface area contributed by atoms with Crippen LogP contribution in [0.1, 0.15) is 99.4 Å². The number of alkyl halides is 1. The molecule has 26 heteroatoms. The zero-order valence-electron chi connectivity index (χ0n) is 53.2. The summed E-state index contributed by atoms with van der Waals surface area (Å²) >= 11 is 1.99. The van der Waals surface area contributed by atoms with E-state index in [1.807, 2.05) is 66.9 Å². The summed E-state index contributed by atoms with van der Waals surface area (Å²) < 4.78 is 51.9. The van der Waals surface area contributed by atoms with Gasteiger partial charge < -0.3 is 78.8 Å². The third kappa shape index (κ3) is 20.1. The molecule has 5 atom stereocenters. The summed E-state index contributed by atoms with van der Waals surface area (Å²) in [5.74, 6) is -1.10. The van der Waals surface area contributed by atoms with Gasteiger partial charge >= 0.3 is 6.09 Å². The Morgan fingerprint density at radius 2 is 1.27 bits per heavy atom. The Kier molecular flexibility index (Phi) is 28.3. The van der Waals surface area contributed by atoms with Crippen molar-refractivity contribution in [2.24, 2.45) is 10.9 Å². The molecule has 7 amide bonds. The number of unbranched alkanes of at least 4 members (excludes halogenated alkanes) is 2. The number of aliphatic imine (C=N–C) groups is 1. The van der Waals surface area contributed by atoms with Gasteiger partial charge in [0, 0.05) is 49.4 Å². The predicted octanol–water partition coefficient (Wildman–Crippen LogP) is 7.46. The van der Waals surface area contributed by atoms with Crippen LogP contribution in [0.4, 0.5) is 21.9 Å². The first kappa shape index (κ1) is 71.5. The number of halogens is 1. The number of rotatable bonds is 36. The maximum Gasteiger partial charge on any atom is 0.416 e. The van der Waals surface area contributed by atoms with Crippen LogP contribution < -0.4 is 45.1 Å². The Morgan fingerprint density at radius 3 is 1.89 bits per heavy atom. The summed E-state index contributed by atoms with van der Waals surface area (Å²) in [4.78, 5) is 102. The lowest BCUT2D eigenvalue weighted by atomic mass is 10.0. The summed E-state index contributed by atoms with van der Waals surface area (Å²) in [6, 6.07) is 9.90. The fourth-order valence-corrected chi connectivity index (χ4v) is 10.6. The molecule has 25 nitrogen and oxygen atoms in total. The zero-order valence-corrected chi connectivity index (χ0v) is 55.4. The van der Waals surface area contributed by atoms with Crippen LogP contribution in [0.3, 0.4) is 0 Å². The number of anilines is 2. The number of aliphatic hydroxyl groups excluding tert-OH is 1. The normalized spacial score (nSPS) is 17.2. The lowest BCUT2D eigenvalue weighted by Crippen LogP contribution is -2.53. The van der Waals surface area contributed by atoms with E-state index < -0.39 is 54.1 Å². The second-order valence-corrected chi connectivity index (χ2v) is 22.9. The molecule has 0 unspecified atom stereocenters. The fraction of sp³-hybridized carbons (Fsp3) is 0.485. The van der Waals surface area contributed by atoms with Crippen LogP contribution in [0.5, 0.6) is 23.0 Å². The average molecular weight is 1390 g/mol. The van der Waals surface area contributed by atoms with E-state index in [4.69, 9.17) is 42.6 Å². The van der Waals surface area contributed by atoms with Crippen LogP contribution in [0.15, 0.2) is 101 Å². The lowest BCUT2D eigenvalue weighted by molar-refractivity contribution is -0.132. The number of amides is 7. The van der Waals surface area contributed by atoms with E-state index in [0.717, 1.165) is 16.0 Å². The minimum Gasteiger partial charge on any atom is -0.493 e. The van der Waals surface area contributed by atoms with Gasteiger partial charge in [-0.05, 0) is 99.8 Å². The van der Waals surface area contributed by atoms with Crippen molar-refractivity contribution >= 4 is 87.4 Å². The van der Waals surface area contributed by atoms with Crippen LogP contribution >= 0.6 is 22.6 Å². The SMILES string of the molecule is C/C=C/C1=CN2C(=O)c3cc(OC)c(OCCCCCOc4cc5c(cc4OC)C(=O)N4C=C(/C=C/C)C[C@H]4[C@H](O)N5C(=O)OCc4ccc(NC(=O)[C@H](C)NC(=O)[C@@H](NC(=O)CCOCCOCCOCCOCCNC(=O)CI)C(C)C)cc4)cc3N=C[C@@H]2C1. The number of carbonyl (C=O) groups excluding carboxylic acids is 7. The van der Waals surface area contributed by atoms with Gasteiger partial charge in [-0.2, -0.15) is 0 Å². The first-order chi connectivity index (χ1) is 44.5. The van der Waals surface area contributed by atoms with E-state index in [2.05, 4.69) is 26.3 Å². The van der Waals surface area contributed by atoms with Crippen LogP contribution in [0.25, 0.3) is 0 Å². The molecule has 0 bridgehead atoms. The smallest absolute Gasteiger partial charge is 0.416 e. The Hall–Kier alpha value is -7.89. The molecular weight excluding hydrogens is 1300 g/mol. The summed E-state index contributed by atoms with van der Waals surface area (Å²) in [7, 11) is 2.97. The highest BCUT2D eigenvalue weighted by molar-refractivity contribution is 14.1. The van der Waals surface area contributed by atoms with Crippen molar-refractivity contribution in [3.05, 3.63) is 113 Å². The first-order valence-electron chi connectivity index (χ1n) is 30.8. The Balaban J connectivity index is 0.869. The molecular formula is C66H85IN8O17. The highest BCUT2D eigenvalue weighted by Gasteiger charge is 2.45. The van der Waals surface area contributed by atoms with Crippen molar-refractivity contribution in [1.29, 1.82) is 0 Å². The van der Waals surface area contributed by atoms with E-state index >= 15 is 0 Å². The van der Waals surface area contributed by atoms with Crippen molar-refractivity contribution in [1.82, 2.24) is 25.8 Å². The molecule has 0 spiro atoms. The molecule has 92 heavy (non-hydrogen) atoms. The van der Waals surface area contributed by atoms with E-state index in [9.17, 15) is 38.7 Å². The zero-order chi connectivity index (χ0) is 66.1. The van der Waals surface area contributed by atoms with E-state index in [1.54, 1.807) is 67.6 Å². The van der Waals surface area contributed by atoms with Crippen LogP contribution in [0.2, 0.25) is 0 Å². The number of aliphatic hydroxyl groups is 1. The van der Waals surface area contributed by atoms with E-state index in [1.165, 1.54) is 38.2 Å². The number of hydrogen-bond acceptors (Lipinski definition) is 18. The van der Waals surface area contributed by atoms with Crippen molar-refractivity contribution in [2.75, 3.05) is 101 Å². The summed E-state index contributed by atoms with van der Waals surface area (Å²) in [5, 5.41) is 23.0. The molecule has 0 aliphatic carbocycles. The third-order valence-electron chi connectivity index (χ3n) is 15.1. The van der Waals surface area contributed by atoms with Crippen molar-refractivity contribution in [2.45, 2.75) is 110 Å². The molecule has 5 N–H and O–H groups in total. The van der Waals surface area contributed by atoms with Crippen molar-refractivity contribution in [3.63, 3.8) is 0 Å². The van der Waals surface area contributed by atoms with Gasteiger partial charge in [-0.25, -0.2) is 9.69 Å². The Bertz CT molecular complexity index is 3210. The number of fused-ring (bicyclic) bond motifs is 4. The molecule has 3 aromatic rings. The fourth-order valence-electron chi connectivity index (χ4n) is 10.3. The molecule has 0 radical (unpaired) electrons. The van der Waals surface area contributed by atoms with Crippen LogP contribution in [0, 0.1) is 5.92 Å². The van der Waals surface area contributed by atoms with E-state index in [0.29, 0.717) is 117 Å². The second kappa shape index (κ2) is 36.4. The lowest BCUT2D eigenvalue weighted by Gasteiger charge is -2.31. The van der Waals surface area contributed by atoms with Gasteiger partial charge in [0.25, 0.3) is 11.8 Å². The highest BCUT2D eigenvalue weighted by Crippen LogP contribution is 2.43. The highest BCUT2D eigenvalue weighted by atomic mass is 127. The number of methoxy groups -OCH3 is 2. The largest absolute Gasteiger partial charge is 0.493 e. The number of allylic oxidation sites excluding steroid dienone is 4. The van der Waals surface area contributed by atoms with Gasteiger partial charge in [0.2, 0.25) is 23.6 Å². The first-order valence-corrected chi connectivity index (χ1v) is 32.3. The van der Waals surface area contributed by atoms with Gasteiger partial charge in [-0.15, -0.1) is 0 Å². The van der Waals surface area contributed by atoms with Gasteiger partial charge in [-0.1, -0.05) is 72.9 Å². The Morgan fingerprint density at radius 1 is 0.685 bits per heavy atom. The second-order valence-electron chi connectivity index (χ2n) is 22.2. The van der Waals surface area contributed by atoms with Crippen molar-refractivity contribution < 1.29 is 81.3 Å². The van der Waals surface area contributed by atoms with Gasteiger partial charge in [0.15, 0.2) is 29.2 Å². The standard InChI is InChI=1S/C66H85IN8O17/c1-8-13-45-31-48-38-69-51-35-56(54(84-6)33-49(51)63(80)73(48)39-45)90-21-11-10-12-22-91-57-36-52-50(34-55(57)85-7)64(81)74-40-46(14-9-2)32-53(74)65(82)75(52)66(83)92-41-44-15-17-47(18-16-44)71-61(78)43(5)70-62(79)60(42(3)4)72-58(76)19-23-86-25-27-88-29-30-89-28-26-87-24-20-68-59(77)37-67/h8-9,13-18,33-36,38-40,42-43,48,53,60,65,82H,10-12,19-32,37,41H2,1-7H3,(H,68,77)(H,70,79)(H,71,78)(H,72,76)/b13-8+,14-9+/t43-,48-,53-,60-,65-/m0/s1. The molecule has 0 saturated heterocycles. The molecule has 0 aromatic heterocycles. The number of carbonyl (C=O) groups is 7. The molecule has 0 saturated carbocycles. The van der Waals surface area contributed by atoms with E-state index in [-0.39, 0.29) is 85.8 Å². The average Bonchev–Trinajstić information content (AvgIpc) is 1.59. The summed E-state index contributed by atoms with van der Waals surface area (Å²) in [6.45, 7) is 12.2. The maximum absolute atomic E-state index is 14.4. The van der Waals surface area contributed by atoms with Crippen LogP contribution in [-0.4, -0.2) is 184 Å². The minimum atomic E-state index is -1.55. The summed E-state index contributed by atoms with van der Waals surface area (Å²) in [5.41, 5.74) is 3.79. The number of nitrogens with one attached hydrogen (secondary N) is 4. The number of benzene rings is 3. The number of ether oxygens (including phenoxy) is 9. The predicted molar refractivity (Wildman–Crippen MR) is 352 cm³/mol. The molecule has 3 aromatic carbocycles. The molecule has 4 heterocycles. The minimum absolute atomic E-state index is 0.000273. The van der Waals surface area contributed by atoms with Gasteiger partial charge in [0.1, 0.15) is 18.7 Å². The van der Waals surface area contributed by atoms with Gasteiger partial charge in [-0.3, -0.25) is 33.8 Å². The topological polar surface area (TPSA) is 293 Å². The molecule has 4 aliphatic rings. The number of nitrogens with zero attached hydrogens (tertiary/aromatic N) is 4. The van der Waals surface area contributed by atoms with Crippen molar-refractivity contribution in [3.8, 4) is 23.0 Å². The molecule has 0 fully saturated rings. The van der Waals surface area contributed by atoms with Gasteiger partial charge in [0.05, 0.1) is 119 Å². The monoisotopic (exact) mass is 1390 g/mol. The van der Waals surface area contributed by atoms with Crippen LogP contribution in [-0.2, 0) is 49.5 Å². The summed E-state index contributed by atoms with van der Waals surface area (Å²) in [6.07, 6.45) is 13.3.